The maximum atomic E-state index is 12.5. The first-order chi connectivity index (χ1) is 9.36. The van der Waals surface area contributed by atoms with E-state index in [2.05, 4.69) is 5.16 Å². The molecule has 0 spiro atoms. The third-order valence-corrected chi connectivity index (χ3v) is 4.62. The van der Waals surface area contributed by atoms with Crippen LogP contribution in [-0.2, 0) is 9.09 Å². The molecule has 20 heavy (non-hydrogen) atoms. The van der Waals surface area contributed by atoms with Gasteiger partial charge in [0, 0.05) is 6.42 Å². The van der Waals surface area contributed by atoms with Gasteiger partial charge in [-0.1, -0.05) is 49.3 Å². The topological polar surface area (TPSA) is 79.1 Å². The number of hydrogen-bond acceptors (Lipinski definition) is 4. The molecule has 0 aliphatic carbocycles. The molecule has 0 radical (unpaired) electrons. The highest BCUT2D eigenvalue weighted by molar-refractivity contribution is 7.53. The van der Waals surface area contributed by atoms with E-state index >= 15 is 0 Å². The van der Waals surface area contributed by atoms with Gasteiger partial charge in [-0.2, -0.15) is 0 Å². The molecule has 2 unspecified atom stereocenters. The van der Waals surface area contributed by atoms with Gasteiger partial charge in [-0.15, -0.1) is 0 Å². The quantitative estimate of drug-likeness (QED) is 0.347. The molecule has 0 heterocycles. The van der Waals surface area contributed by atoms with Crippen LogP contribution in [-0.4, -0.2) is 22.4 Å². The number of benzene rings is 1. The van der Waals surface area contributed by atoms with Gasteiger partial charge in [0.05, 0.1) is 18.0 Å². The Bertz CT molecular complexity index is 487. The zero-order valence-electron chi connectivity index (χ0n) is 12.1. The van der Waals surface area contributed by atoms with Crippen molar-refractivity contribution in [2.75, 3.05) is 6.61 Å². The molecular formula is C14H22NO4P. The number of nitrogens with zero attached hydrogens (tertiary/aromatic N) is 1. The van der Waals surface area contributed by atoms with E-state index in [1.807, 2.05) is 19.9 Å². The maximum absolute atomic E-state index is 12.5. The molecule has 0 saturated carbocycles. The summed E-state index contributed by atoms with van der Waals surface area (Å²) >= 11 is 0. The summed E-state index contributed by atoms with van der Waals surface area (Å²) in [5.74, 6) is 0.166. The summed E-state index contributed by atoms with van der Waals surface area (Å²) < 4.78 is 17.7. The Kier molecular flexibility index (Phi) is 6.40. The van der Waals surface area contributed by atoms with Crippen molar-refractivity contribution >= 4 is 13.3 Å². The van der Waals surface area contributed by atoms with E-state index in [1.54, 1.807) is 31.2 Å². The summed E-state index contributed by atoms with van der Waals surface area (Å²) in [5.41, 5.74) is 0.365. The van der Waals surface area contributed by atoms with E-state index in [-0.39, 0.29) is 18.9 Å². The van der Waals surface area contributed by atoms with Crippen molar-refractivity contribution in [2.24, 2.45) is 11.1 Å². The van der Waals surface area contributed by atoms with Crippen molar-refractivity contribution in [2.45, 2.75) is 32.9 Å². The Morgan fingerprint density at radius 2 is 1.95 bits per heavy atom. The molecule has 0 fully saturated rings. The average molecular weight is 299 g/mol. The summed E-state index contributed by atoms with van der Waals surface area (Å²) in [6, 6.07) is 8.99. The molecule has 6 heteroatoms. The van der Waals surface area contributed by atoms with E-state index in [0.29, 0.717) is 11.3 Å². The fourth-order valence-corrected chi connectivity index (χ4v) is 3.50. The average Bonchev–Trinajstić information content (AvgIpc) is 2.43. The third kappa shape index (κ3) is 5.08. The lowest BCUT2D eigenvalue weighted by molar-refractivity contribution is 0.222. The maximum Gasteiger partial charge on any atom is 0.335 e. The zero-order chi connectivity index (χ0) is 15.2. The van der Waals surface area contributed by atoms with Gasteiger partial charge in [-0.3, -0.25) is 4.57 Å². The molecule has 0 aliphatic rings. The normalized spacial score (nSPS) is 16.9. The molecule has 1 aromatic rings. The first kappa shape index (κ1) is 16.9. The van der Waals surface area contributed by atoms with Crippen LogP contribution in [0.2, 0.25) is 0 Å². The third-order valence-electron chi connectivity index (χ3n) is 2.83. The van der Waals surface area contributed by atoms with Gasteiger partial charge in [0.2, 0.25) is 0 Å². The summed E-state index contributed by atoms with van der Waals surface area (Å²) in [6.07, 6.45) is 0.173. The van der Waals surface area contributed by atoms with Crippen LogP contribution in [0.1, 0.15) is 38.4 Å². The zero-order valence-corrected chi connectivity index (χ0v) is 13.0. The first-order valence-corrected chi connectivity index (χ1v) is 8.21. The molecule has 0 amide bonds. The van der Waals surface area contributed by atoms with Crippen LogP contribution < -0.4 is 0 Å². The largest absolute Gasteiger partial charge is 0.411 e. The molecular weight excluding hydrogens is 277 g/mol. The Morgan fingerprint density at radius 1 is 1.35 bits per heavy atom. The highest BCUT2D eigenvalue weighted by Crippen LogP contribution is 2.58. The Labute approximate surface area is 119 Å². The van der Waals surface area contributed by atoms with Gasteiger partial charge in [0.25, 0.3) is 0 Å². The van der Waals surface area contributed by atoms with Crippen molar-refractivity contribution in [1.29, 1.82) is 0 Å². The van der Waals surface area contributed by atoms with Crippen molar-refractivity contribution in [3.8, 4) is 0 Å². The van der Waals surface area contributed by atoms with Gasteiger partial charge in [0.1, 0.15) is 0 Å². The predicted molar refractivity (Wildman–Crippen MR) is 79.3 cm³/mol. The molecule has 5 nitrogen and oxygen atoms in total. The second-order valence-electron chi connectivity index (χ2n) is 5.22. The fraction of sp³-hybridized carbons (Fsp3) is 0.500. The monoisotopic (exact) mass is 299 g/mol. The highest BCUT2D eigenvalue weighted by atomic mass is 31.2. The lowest BCUT2D eigenvalue weighted by atomic mass is 10.1. The molecule has 0 saturated heterocycles. The van der Waals surface area contributed by atoms with Crippen molar-refractivity contribution in [3.05, 3.63) is 35.9 Å². The van der Waals surface area contributed by atoms with Gasteiger partial charge >= 0.3 is 7.60 Å². The Morgan fingerprint density at radius 3 is 2.45 bits per heavy atom. The minimum atomic E-state index is -3.84. The molecule has 0 aromatic heterocycles. The molecule has 1 rings (SSSR count). The number of rotatable bonds is 7. The van der Waals surface area contributed by atoms with E-state index in [0.717, 1.165) is 0 Å². The molecule has 0 aliphatic heterocycles. The highest BCUT2D eigenvalue weighted by Gasteiger charge is 2.34. The van der Waals surface area contributed by atoms with E-state index in [9.17, 15) is 9.46 Å². The lowest BCUT2D eigenvalue weighted by Crippen LogP contribution is -2.10. The second kappa shape index (κ2) is 7.58. The second-order valence-corrected chi connectivity index (χ2v) is 7.23. The van der Waals surface area contributed by atoms with Crippen LogP contribution in [0.3, 0.4) is 0 Å². The SMILES string of the molecule is CC(CC(c1ccccc1)P(=O)(O)OCC(C)C)=NO. The summed E-state index contributed by atoms with van der Waals surface area (Å²) in [7, 11) is -3.84. The predicted octanol–water partition coefficient (Wildman–Crippen LogP) is 3.83. The Hall–Kier alpha value is -1.16. The number of hydrogen-bond donors (Lipinski definition) is 2. The molecule has 2 atom stereocenters. The smallest absolute Gasteiger partial charge is 0.335 e. The summed E-state index contributed by atoms with van der Waals surface area (Å²) in [4.78, 5) is 10.2. The van der Waals surface area contributed by atoms with Crippen LogP contribution in [0.25, 0.3) is 0 Å². The minimum absolute atomic E-state index is 0.166. The van der Waals surface area contributed by atoms with E-state index in [4.69, 9.17) is 9.73 Å². The van der Waals surface area contributed by atoms with Crippen molar-refractivity contribution in [3.63, 3.8) is 0 Å². The van der Waals surface area contributed by atoms with Crippen LogP contribution in [0.15, 0.2) is 35.5 Å². The van der Waals surface area contributed by atoms with Crippen molar-refractivity contribution in [1.82, 2.24) is 0 Å². The fourth-order valence-electron chi connectivity index (χ4n) is 1.76. The summed E-state index contributed by atoms with van der Waals surface area (Å²) in [6.45, 7) is 5.65. The van der Waals surface area contributed by atoms with Crippen LogP contribution in [0.4, 0.5) is 0 Å². The van der Waals surface area contributed by atoms with Gasteiger partial charge in [-0.05, 0) is 18.4 Å². The standard InChI is InChI=1S/C14H22NO4P/c1-11(2)10-19-20(17,18)14(9-12(3)15-16)13-7-5-4-6-8-13/h4-8,11,14,16H,9-10H2,1-3H3,(H,17,18). The lowest BCUT2D eigenvalue weighted by Gasteiger charge is -2.23. The number of oxime groups is 1. The Balaban J connectivity index is 3.01. The molecule has 112 valence electrons. The molecule has 0 bridgehead atoms. The summed E-state index contributed by atoms with van der Waals surface area (Å²) in [5, 5.41) is 11.9. The van der Waals surface area contributed by atoms with Crippen LogP contribution in [0, 0.1) is 5.92 Å². The van der Waals surface area contributed by atoms with Gasteiger partial charge in [-0.25, -0.2) is 0 Å². The van der Waals surface area contributed by atoms with Gasteiger partial charge < -0.3 is 14.6 Å². The molecule has 2 N–H and O–H groups in total. The van der Waals surface area contributed by atoms with Gasteiger partial charge in [0.15, 0.2) is 0 Å². The van der Waals surface area contributed by atoms with Crippen molar-refractivity contribution < 1.29 is 19.2 Å². The minimum Gasteiger partial charge on any atom is -0.411 e. The van der Waals surface area contributed by atoms with Crippen LogP contribution in [0.5, 0.6) is 0 Å². The van der Waals surface area contributed by atoms with Crippen LogP contribution >= 0.6 is 7.60 Å². The molecule has 1 aromatic carbocycles. The van der Waals surface area contributed by atoms with E-state index < -0.39 is 13.3 Å². The first-order valence-electron chi connectivity index (χ1n) is 6.56. The van der Waals surface area contributed by atoms with E-state index in [1.165, 1.54) is 0 Å².